The molecular weight excluding hydrogens is 242 g/mol. The van der Waals surface area contributed by atoms with Crippen LogP contribution in [0.2, 0.25) is 0 Å². The second-order valence-electron chi connectivity index (χ2n) is 3.80. The topological polar surface area (TPSA) is 29.9 Å². The van der Waals surface area contributed by atoms with Gasteiger partial charge in [-0.1, -0.05) is 0 Å². The summed E-state index contributed by atoms with van der Waals surface area (Å²) in [6.07, 6.45) is 4.57. The highest BCUT2D eigenvalue weighted by atomic mass is 79.9. The van der Waals surface area contributed by atoms with Crippen LogP contribution in [0.1, 0.15) is 31.5 Å². The molecule has 0 saturated heterocycles. The molecule has 1 N–H and O–H groups in total. The lowest BCUT2D eigenvalue weighted by Gasteiger charge is -2.17. The lowest BCUT2D eigenvalue weighted by atomic mass is 10.1. The van der Waals surface area contributed by atoms with E-state index < -0.39 is 0 Å². The summed E-state index contributed by atoms with van der Waals surface area (Å²) in [5.74, 6) is 0.804. The first-order valence-electron chi connectivity index (χ1n) is 5.16. The van der Waals surface area contributed by atoms with Gasteiger partial charge in [-0.25, -0.2) is 0 Å². The number of hydrogen-bond acceptors (Lipinski definition) is 2. The maximum Gasteiger partial charge on any atom is 0.0698 e. The van der Waals surface area contributed by atoms with Crippen molar-refractivity contribution in [2.24, 2.45) is 5.92 Å². The van der Waals surface area contributed by atoms with E-state index in [1.807, 2.05) is 13.2 Å². The minimum Gasteiger partial charge on any atom is -0.311 e. The summed E-state index contributed by atoms with van der Waals surface area (Å²) >= 11 is 3.57. The summed E-state index contributed by atoms with van der Waals surface area (Å²) < 4.78 is 3.20. The van der Waals surface area contributed by atoms with E-state index in [0.29, 0.717) is 6.04 Å². The van der Waals surface area contributed by atoms with E-state index in [-0.39, 0.29) is 0 Å². The maximum absolute atomic E-state index is 4.34. The second kappa shape index (κ2) is 4.03. The molecule has 14 heavy (non-hydrogen) atoms. The van der Waals surface area contributed by atoms with Gasteiger partial charge < -0.3 is 5.32 Å². The van der Waals surface area contributed by atoms with E-state index >= 15 is 0 Å². The standard InChI is InChI=1S/C10H16BrN3/c1-3-14-10(8(11)6-13-14)9(12-2)7-4-5-7/h6-7,9,12H,3-5H2,1-2H3. The first-order valence-corrected chi connectivity index (χ1v) is 5.95. The van der Waals surface area contributed by atoms with Crippen LogP contribution in [0.15, 0.2) is 10.7 Å². The molecule has 0 bridgehead atoms. The van der Waals surface area contributed by atoms with Crippen LogP contribution < -0.4 is 5.32 Å². The van der Waals surface area contributed by atoms with Crippen molar-refractivity contribution in [3.05, 3.63) is 16.4 Å². The van der Waals surface area contributed by atoms with Gasteiger partial charge >= 0.3 is 0 Å². The Balaban J connectivity index is 2.30. The van der Waals surface area contributed by atoms with Gasteiger partial charge in [0.1, 0.15) is 0 Å². The molecule has 0 spiro atoms. The van der Waals surface area contributed by atoms with E-state index in [4.69, 9.17) is 0 Å². The van der Waals surface area contributed by atoms with E-state index in [1.165, 1.54) is 18.5 Å². The number of nitrogens with one attached hydrogen (secondary N) is 1. The van der Waals surface area contributed by atoms with Gasteiger partial charge in [0, 0.05) is 6.54 Å². The molecule has 1 aromatic heterocycles. The number of rotatable bonds is 4. The molecule has 0 aliphatic heterocycles. The van der Waals surface area contributed by atoms with Crippen molar-refractivity contribution in [1.29, 1.82) is 0 Å². The van der Waals surface area contributed by atoms with Gasteiger partial charge in [-0.15, -0.1) is 0 Å². The van der Waals surface area contributed by atoms with Crippen LogP contribution in [0.4, 0.5) is 0 Å². The summed E-state index contributed by atoms with van der Waals surface area (Å²) in [6, 6.07) is 0.465. The molecule has 0 radical (unpaired) electrons. The summed E-state index contributed by atoms with van der Waals surface area (Å²) in [6.45, 7) is 3.06. The summed E-state index contributed by atoms with van der Waals surface area (Å²) in [4.78, 5) is 0. The van der Waals surface area contributed by atoms with Gasteiger partial charge in [0.2, 0.25) is 0 Å². The monoisotopic (exact) mass is 257 g/mol. The Morgan fingerprint density at radius 3 is 2.93 bits per heavy atom. The van der Waals surface area contributed by atoms with Crippen molar-refractivity contribution in [3.63, 3.8) is 0 Å². The number of aromatic nitrogens is 2. The Morgan fingerprint density at radius 2 is 2.43 bits per heavy atom. The van der Waals surface area contributed by atoms with E-state index in [9.17, 15) is 0 Å². The van der Waals surface area contributed by atoms with Gasteiger partial charge in [-0.05, 0) is 48.7 Å². The molecule has 1 saturated carbocycles. The third kappa shape index (κ3) is 1.73. The molecule has 1 heterocycles. The summed E-state index contributed by atoms with van der Waals surface area (Å²) in [5, 5.41) is 7.73. The predicted molar refractivity (Wildman–Crippen MR) is 60.1 cm³/mol. The molecule has 0 amide bonds. The molecule has 0 aromatic carbocycles. The number of nitrogens with zero attached hydrogens (tertiary/aromatic N) is 2. The Labute approximate surface area is 93.0 Å². The first-order chi connectivity index (χ1) is 6.77. The van der Waals surface area contributed by atoms with Gasteiger partial charge in [0.25, 0.3) is 0 Å². The molecule has 1 unspecified atom stereocenters. The molecule has 2 rings (SSSR count). The number of halogens is 1. The van der Waals surface area contributed by atoms with Crippen molar-refractivity contribution in [2.75, 3.05) is 7.05 Å². The Kier molecular flexibility index (Phi) is 2.93. The fourth-order valence-corrected chi connectivity index (χ4v) is 2.50. The lowest BCUT2D eigenvalue weighted by Crippen LogP contribution is -2.22. The summed E-state index contributed by atoms with van der Waals surface area (Å²) in [5.41, 5.74) is 1.30. The molecule has 1 aromatic rings. The van der Waals surface area contributed by atoms with Crippen molar-refractivity contribution in [1.82, 2.24) is 15.1 Å². The van der Waals surface area contributed by atoms with Gasteiger partial charge in [0.15, 0.2) is 0 Å². The molecule has 78 valence electrons. The first kappa shape index (κ1) is 10.2. The summed E-state index contributed by atoms with van der Waals surface area (Å²) in [7, 11) is 2.03. The Bertz CT molecular complexity index is 317. The number of hydrogen-bond donors (Lipinski definition) is 1. The van der Waals surface area contributed by atoms with Crippen LogP contribution in [0.5, 0.6) is 0 Å². The van der Waals surface area contributed by atoms with Crippen LogP contribution in [0.3, 0.4) is 0 Å². The molecule has 1 aliphatic carbocycles. The highest BCUT2D eigenvalue weighted by Crippen LogP contribution is 2.42. The zero-order valence-corrected chi connectivity index (χ0v) is 10.2. The van der Waals surface area contributed by atoms with Crippen molar-refractivity contribution >= 4 is 15.9 Å². The lowest BCUT2D eigenvalue weighted by molar-refractivity contribution is 0.471. The van der Waals surface area contributed by atoms with Gasteiger partial charge in [-0.2, -0.15) is 5.10 Å². The minimum absolute atomic E-state index is 0.465. The third-order valence-corrected chi connectivity index (χ3v) is 3.44. The van der Waals surface area contributed by atoms with Crippen LogP contribution in [-0.4, -0.2) is 16.8 Å². The fraction of sp³-hybridized carbons (Fsp3) is 0.700. The average Bonchev–Trinajstić information content (AvgIpc) is 2.95. The number of aryl methyl sites for hydroxylation is 1. The third-order valence-electron chi connectivity index (χ3n) is 2.83. The highest BCUT2D eigenvalue weighted by Gasteiger charge is 2.34. The zero-order valence-electron chi connectivity index (χ0n) is 8.63. The normalized spacial score (nSPS) is 18.5. The molecule has 1 atom stereocenters. The molecule has 1 fully saturated rings. The minimum atomic E-state index is 0.465. The van der Waals surface area contributed by atoms with Crippen molar-refractivity contribution < 1.29 is 0 Å². The van der Waals surface area contributed by atoms with Gasteiger partial charge in [-0.3, -0.25) is 4.68 Å². The fourth-order valence-electron chi connectivity index (χ4n) is 1.96. The molecule has 4 heteroatoms. The van der Waals surface area contributed by atoms with E-state index in [0.717, 1.165) is 16.9 Å². The largest absolute Gasteiger partial charge is 0.311 e. The zero-order chi connectivity index (χ0) is 10.1. The van der Waals surface area contributed by atoms with Crippen LogP contribution in [-0.2, 0) is 6.54 Å². The van der Waals surface area contributed by atoms with Gasteiger partial charge in [0.05, 0.1) is 22.4 Å². The second-order valence-corrected chi connectivity index (χ2v) is 4.65. The van der Waals surface area contributed by atoms with Crippen molar-refractivity contribution in [3.8, 4) is 0 Å². The average molecular weight is 258 g/mol. The predicted octanol–water partition coefficient (Wildman–Crippen LogP) is 2.34. The molecule has 1 aliphatic rings. The highest BCUT2D eigenvalue weighted by molar-refractivity contribution is 9.10. The smallest absolute Gasteiger partial charge is 0.0698 e. The maximum atomic E-state index is 4.34. The Hall–Kier alpha value is -0.350. The van der Waals surface area contributed by atoms with Crippen LogP contribution >= 0.6 is 15.9 Å². The van der Waals surface area contributed by atoms with Crippen LogP contribution in [0.25, 0.3) is 0 Å². The van der Waals surface area contributed by atoms with E-state index in [1.54, 1.807) is 0 Å². The quantitative estimate of drug-likeness (QED) is 0.898. The SMILES string of the molecule is CCn1ncc(Br)c1C(NC)C1CC1. The molecule has 3 nitrogen and oxygen atoms in total. The van der Waals surface area contributed by atoms with Crippen LogP contribution in [0, 0.1) is 5.92 Å². The molecular formula is C10H16BrN3. The Morgan fingerprint density at radius 1 is 1.71 bits per heavy atom. The van der Waals surface area contributed by atoms with Crippen molar-refractivity contribution in [2.45, 2.75) is 32.4 Å². The van der Waals surface area contributed by atoms with E-state index in [2.05, 4.69) is 38.0 Å².